The van der Waals surface area contributed by atoms with E-state index >= 15 is 0 Å². The van der Waals surface area contributed by atoms with Crippen LogP contribution in [0, 0.1) is 6.92 Å². The molecule has 2 heteroatoms. The molecular weight excluding hydrogens is 237 g/mol. The van der Waals surface area contributed by atoms with Crippen LogP contribution in [0.2, 0.25) is 0 Å². The molecule has 0 aliphatic heterocycles. The molecule has 2 aromatic rings. The Labute approximate surface area is 90.9 Å². The molecule has 0 aromatic carbocycles. The summed E-state index contributed by atoms with van der Waals surface area (Å²) in [6, 6.07) is 4.22. The van der Waals surface area contributed by atoms with Crippen molar-refractivity contribution < 1.29 is 0 Å². The zero-order chi connectivity index (χ0) is 10.3. The second-order valence-electron chi connectivity index (χ2n) is 4.66. The third-order valence-electron chi connectivity index (χ3n) is 2.40. The Bertz CT molecular complexity index is 463. The summed E-state index contributed by atoms with van der Waals surface area (Å²) in [7, 11) is 0. The van der Waals surface area contributed by atoms with Crippen LogP contribution < -0.4 is 0 Å². The van der Waals surface area contributed by atoms with E-state index in [0.29, 0.717) is 19.9 Å². The maximum atomic E-state index is 4.46. The van der Waals surface area contributed by atoms with Gasteiger partial charge in [0.15, 0.2) is 0 Å². The van der Waals surface area contributed by atoms with E-state index in [0.717, 1.165) is 0 Å². The SMILES string of the molecule is Cc1c(C(C)(C)C)[se]c2ncccc12. The molecule has 0 saturated carbocycles. The van der Waals surface area contributed by atoms with Crippen molar-refractivity contribution in [2.75, 3.05) is 0 Å². The molecule has 0 bridgehead atoms. The molecule has 0 saturated heterocycles. The molecule has 0 N–H and O–H groups in total. The minimum absolute atomic E-state index is 0.296. The van der Waals surface area contributed by atoms with Gasteiger partial charge in [0.2, 0.25) is 0 Å². The summed E-state index contributed by atoms with van der Waals surface area (Å²) in [5.74, 6) is 0. The van der Waals surface area contributed by atoms with Gasteiger partial charge in [0, 0.05) is 0 Å². The number of pyridine rings is 1. The predicted octanol–water partition coefficient (Wildman–Crippen LogP) is 2.90. The van der Waals surface area contributed by atoms with Gasteiger partial charge >= 0.3 is 90.7 Å². The molecule has 14 heavy (non-hydrogen) atoms. The maximum absolute atomic E-state index is 4.46. The van der Waals surface area contributed by atoms with Gasteiger partial charge < -0.3 is 0 Å². The van der Waals surface area contributed by atoms with Crippen LogP contribution >= 0.6 is 0 Å². The number of rotatable bonds is 0. The molecule has 0 atom stereocenters. The predicted molar refractivity (Wildman–Crippen MR) is 62.1 cm³/mol. The van der Waals surface area contributed by atoms with E-state index < -0.39 is 0 Å². The van der Waals surface area contributed by atoms with Crippen molar-refractivity contribution in [2.45, 2.75) is 33.1 Å². The van der Waals surface area contributed by atoms with Gasteiger partial charge in [-0.1, -0.05) is 0 Å². The van der Waals surface area contributed by atoms with Gasteiger partial charge in [0.05, 0.1) is 0 Å². The first-order chi connectivity index (χ1) is 6.50. The first-order valence-corrected chi connectivity index (χ1v) is 6.56. The molecule has 0 spiro atoms. The number of hydrogen-bond donors (Lipinski definition) is 0. The Balaban J connectivity index is 2.75. The van der Waals surface area contributed by atoms with Crippen molar-refractivity contribution in [1.29, 1.82) is 0 Å². The van der Waals surface area contributed by atoms with Crippen LogP contribution in [0.25, 0.3) is 9.78 Å². The van der Waals surface area contributed by atoms with Crippen LogP contribution in [0.4, 0.5) is 0 Å². The molecule has 2 rings (SSSR count). The molecule has 2 heterocycles. The van der Waals surface area contributed by atoms with Gasteiger partial charge in [-0.15, -0.1) is 0 Å². The Morgan fingerprint density at radius 2 is 2.00 bits per heavy atom. The Kier molecular flexibility index (Phi) is 2.29. The molecule has 2 aromatic heterocycles. The molecular formula is C12H15NSe. The molecule has 1 nitrogen and oxygen atoms in total. The standard InChI is InChI=1S/C12H15NSe/c1-8-9-6-5-7-13-11(9)14-10(8)12(2,3)4/h5-7H,1-4H3. The summed E-state index contributed by atoms with van der Waals surface area (Å²) in [6.45, 7) is 9.11. The molecule has 0 unspecified atom stereocenters. The third kappa shape index (κ3) is 1.53. The molecule has 74 valence electrons. The fourth-order valence-electron chi connectivity index (χ4n) is 1.77. The van der Waals surface area contributed by atoms with Crippen LogP contribution in [0.5, 0.6) is 0 Å². The average molecular weight is 252 g/mol. The first kappa shape index (κ1) is 9.95. The van der Waals surface area contributed by atoms with Crippen LogP contribution in [0.3, 0.4) is 0 Å². The fraction of sp³-hybridized carbons (Fsp3) is 0.417. The molecule has 0 fully saturated rings. The van der Waals surface area contributed by atoms with Crippen molar-refractivity contribution in [2.24, 2.45) is 0 Å². The van der Waals surface area contributed by atoms with Crippen molar-refractivity contribution >= 4 is 24.3 Å². The molecule has 0 aliphatic carbocycles. The van der Waals surface area contributed by atoms with Gasteiger partial charge in [0.1, 0.15) is 0 Å². The van der Waals surface area contributed by atoms with Gasteiger partial charge in [-0.05, 0) is 0 Å². The molecule has 0 amide bonds. The van der Waals surface area contributed by atoms with Gasteiger partial charge in [-0.3, -0.25) is 0 Å². The number of aryl methyl sites for hydroxylation is 1. The van der Waals surface area contributed by atoms with Crippen LogP contribution in [-0.4, -0.2) is 19.5 Å². The zero-order valence-corrected chi connectivity index (χ0v) is 10.8. The quantitative estimate of drug-likeness (QED) is 0.657. The van der Waals surface area contributed by atoms with Crippen molar-refractivity contribution in [3.05, 3.63) is 28.3 Å². The summed E-state index contributed by atoms with van der Waals surface area (Å²) in [5, 5.41) is 1.37. The molecule has 0 aliphatic rings. The Hall–Kier alpha value is -0.591. The number of aromatic nitrogens is 1. The van der Waals surface area contributed by atoms with Crippen molar-refractivity contribution in [3.63, 3.8) is 0 Å². The van der Waals surface area contributed by atoms with Crippen molar-refractivity contribution in [1.82, 2.24) is 4.98 Å². The first-order valence-electron chi connectivity index (χ1n) is 4.85. The summed E-state index contributed by atoms with van der Waals surface area (Å²) < 4.78 is 2.90. The van der Waals surface area contributed by atoms with E-state index in [4.69, 9.17) is 0 Å². The van der Waals surface area contributed by atoms with E-state index in [1.54, 1.807) is 4.44 Å². The van der Waals surface area contributed by atoms with E-state index in [-0.39, 0.29) is 0 Å². The summed E-state index contributed by atoms with van der Waals surface area (Å²) >= 11 is 0.443. The van der Waals surface area contributed by atoms with E-state index in [2.05, 4.69) is 38.7 Å². The number of nitrogens with zero attached hydrogens (tertiary/aromatic N) is 1. The minimum atomic E-state index is 0.296. The second kappa shape index (κ2) is 3.22. The topological polar surface area (TPSA) is 12.9 Å². The summed E-state index contributed by atoms with van der Waals surface area (Å²) in [6.07, 6.45) is 1.90. The Morgan fingerprint density at radius 1 is 1.29 bits per heavy atom. The van der Waals surface area contributed by atoms with Crippen LogP contribution in [0.15, 0.2) is 18.3 Å². The average Bonchev–Trinajstić information content (AvgIpc) is 2.44. The van der Waals surface area contributed by atoms with E-state index in [1.807, 2.05) is 12.3 Å². The second-order valence-corrected chi connectivity index (χ2v) is 6.76. The van der Waals surface area contributed by atoms with E-state index in [9.17, 15) is 0 Å². The third-order valence-corrected chi connectivity index (χ3v) is 5.84. The normalized spacial score (nSPS) is 12.3. The monoisotopic (exact) mass is 253 g/mol. The number of fused-ring (bicyclic) bond motifs is 1. The van der Waals surface area contributed by atoms with Gasteiger partial charge in [0.25, 0.3) is 0 Å². The van der Waals surface area contributed by atoms with Gasteiger partial charge in [-0.25, -0.2) is 0 Å². The summed E-state index contributed by atoms with van der Waals surface area (Å²) in [4.78, 5) is 4.46. The fourth-order valence-corrected chi connectivity index (χ4v) is 4.30. The zero-order valence-electron chi connectivity index (χ0n) is 9.09. The summed E-state index contributed by atoms with van der Waals surface area (Å²) in [5.41, 5.74) is 1.76. The van der Waals surface area contributed by atoms with E-state index in [1.165, 1.54) is 15.3 Å². The van der Waals surface area contributed by atoms with Crippen LogP contribution in [-0.2, 0) is 5.41 Å². The Morgan fingerprint density at radius 3 is 2.57 bits per heavy atom. The van der Waals surface area contributed by atoms with Crippen LogP contribution in [0.1, 0.15) is 30.8 Å². The van der Waals surface area contributed by atoms with Crippen molar-refractivity contribution in [3.8, 4) is 0 Å². The number of hydrogen-bond acceptors (Lipinski definition) is 1. The molecule has 0 radical (unpaired) electrons. The van der Waals surface area contributed by atoms with Gasteiger partial charge in [-0.2, -0.15) is 0 Å².